The van der Waals surface area contributed by atoms with E-state index in [-0.39, 0.29) is 12.1 Å². The van der Waals surface area contributed by atoms with Crippen molar-refractivity contribution in [2.24, 2.45) is 11.3 Å². The normalized spacial score (nSPS) is 26.6. The van der Waals surface area contributed by atoms with Crippen LogP contribution in [0.2, 0.25) is 0 Å². The van der Waals surface area contributed by atoms with Crippen LogP contribution < -0.4 is 5.32 Å². The first-order chi connectivity index (χ1) is 7.80. The van der Waals surface area contributed by atoms with Crippen molar-refractivity contribution in [3.05, 3.63) is 0 Å². The molecule has 2 unspecified atom stereocenters. The second kappa shape index (κ2) is 5.71. The highest BCUT2D eigenvalue weighted by Gasteiger charge is 2.29. The minimum Gasteiger partial charge on any atom is -0.453 e. The van der Waals surface area contributed by atoms with Crippen LogP contribution in [-0.2, 0) is 4.74 Å². The molecular formula is C13H26N2O2. The van der Waals surface area contributed by atoms with Crippen LogP contribution in [0.1, 0.15) is 33.6 Å². The molecular weight excluding hydrogens is 216 g/mol. The van der Waals surface area contributed by atoms with Crippen LogP contribution >= 0.6 is 0 Å². The fourth-order valence-corrected chi connectivity index (χ4v) is 2.79. The third-order valence-electron chi connectivity index (χ3n) is 3.13. The van der Waals surface area contributed by atoms with Crippen LogP contribution in [-0.4, -0.2) is 44.3 Å². The number of methoxy groups -OCH3 is 1. The lowest BCUT2D eigenvalue weighted by Crippen LogP contribution is -2.49. The number of likely N-dealkylation sites (N-methyl/N-ethyl adjacent to an activating group) is 1. The maximum Gasteiger partial charge on any atom is 0.407 e. The van der Waals surface area contributed by atoms with Crippen molar-refractivity contribution >= 4 is 6.09 Å². The number of hydrogen-bond donors (Lipinski definition) is 1. The molecule has 0 saturated carbocycles. The average molecular weight is 242 g/mol. The zero-order valence-corrected chi connectivity index (χ0v) is 11.7. The molecule has 17 heavy (non-hydrogen) atoms. The molecule has 0 aromatic carbocycles. The van der Waals surface area contributed by atoms with Crippen LogP contribution in [0.4, 0.5) is 4.79 Å². The van der Waals surface area contributed by atoms with E-state index in [1.807, 2.05) is 0 Å². The first kappa shape index (κ1) is 14.3. The Kier molecular flexibility index (Phi) is 4.80. The first-order valence-corrected chi connectivity index (χ1v) is 6.33. The highest BCUT2D eigenvalue weighted by Crippen LogP contribution is 2.29. The largest absolute Gasteiger partial charge is 0.453 e. The molecule has 1 aliphatic rings. The van der Waals surface area contributed by atoms with Gasteiger partial charge in [-0.2, -0.15) is 0 Å². The number of alkyl carbamates (subject to hydrolysis) is 1. The number of hydrogen-bond acceptors (Lipinski definition) is 3. The van der Waals surface area contributed by atoms with Gasteiger partial charge in [-0.3, -0.25) is 0 Å². The van der Waals surface area contributed by atoms with Gasteiger partial charge in [0, 0.05) is 19.1 Å². The van der Waals surface area contributed by atoms with Crippen molar-refractivity contribution in [2.45, 2.75) is 39.7 Å². The zero-order chi connectivity index (χ0) is 13.1. The monoisotopic (exact) mass is 242 g/mol. The summed E-state index contributed by atoms with van der Waals surface area (Å²) in [4.78, 5) is 13.5. The van der Waals surface area contributed by atoms with E-state index < -0.39 is 0 Å². The van der Waals surface area contributed by atoms with Gasteiger partial charge in [-0.25, -0.2) is 4.79 Å². The number of carbonyl (C=O) groups is 1. The van der Waals surface area contributed by atoms with E-state index in [0.717, 1.165) is 19.5 Å². The van der Waals surface area contributed by atoms with Crippen LogP contribution in [0.3, 0.4) is 0 Å². The average Bonchev–Trinajstić information content (AvgIpc) is 2.13. The maximum atomic E-state index is 11.2. The molecule has 1 N–H and O–H groups in total. The minimum atomic E-state index is -0.320. The highest BCUT2D eigenvalue weighted by atomic mass is 16.5. The molecule has 1 rings (SSSR count). The molecule has 1 aliphatic heterocycles. The minimum absolute atomic E-state index is 0.216. The lowest BCUT2D eigenvalue weighted by molar-refractivity contribution is 0.122. The topological polar surface area (TPSA) is 41.6 Å². The number of rotatable bonds is 2. The zero-order valence-electron chi connectivity index (χ0n) is 11.7. The number of piperidine rings is 1. The lowest BCUT2D eigenvalue weighted by atomic mass is 9.80. The third kappa shape index (κ3) is 5.39. The van der Waals surface area contributed by atoms with Crippen molar-refractivity contribution in [3.8, 4) is 0 Å². The fourth-order valence-electron chi connectivity index (χ4n) is 2.79. The Morgan fingerprint density at radius 2 is 2.06 bits per heavy atom. The van der Waals surface area contributed by atoms with Crippen LogP contribution in [0.5, 0.6) is 0 Å². The van der Waals surface area contributed by atoms with Crippen molar-refractivity contribution in [1.29, 1.82) is 0 Å². The Hall–Kier alpha value is -0.770. The summed E-state index contributed by atoms with van der Waals surface area (Å²) in [5.41, 5.74) is 0.346. The predicted molar refractivity (Wildman–Crippen MR) is 69.0 cm³/mol. The fraction of sp³-hybridized carbons (Fsp3) is 0.923. The van der Waals surface area contributed by atoms with E-state index >= 15 is 0 Å². The molecule has 1 saturated heterocycles. The molecule has 2 atom stereocenters. The quantitative estimate of drug-likeness (QED) is 0.806. The molecule has 0 aliphatic carbocycles. The van der Waals surface area contributed by atoms with E-state index in [0.29, 0.717) is 11.3 Å². The van der Waals surface area contributed by atoms with Gasteiger partial charge in [0.05, 0.1) is 7.11 Å². The van der Waals surface area contributed by atoms with E-state index in [4.69, 9.17) is 0 Å². The summed E-state index contributed by atoms with van der Waals surface area (Å²) >= 11 is 0. The van der Waals surface area contributed by atoms with Crippen molar-refractivity contribution in [1.82, 2.24) is 10.2 Å². The number of carbonyl (C=O) groups excluding carboxylic acids is 1. The molecule has 0 aromatic rings. The Morgan fingerprint density at radius 1 is 1.41 bits per heavy atom. The lowest BCUT2D eigenvalue weighted by Gasteiger charge is -2.38. The van der Waals surface area contributed by atoms with Crippen LogP contribution in [0, 0.1) is 11.3 Å². The standard InChI is InChI=1S/C13H26N2O2/c1-13(2,3)7-10-6-11(9-15(4)8-10)14-12(16)17-5/h10-11H,6-9H2,1-5H3,(H,14,16). The SMILES string of the molecule is COC(=O)NC1CC(CC(C)(C)C)CN(C)C1. The second-order valence-electron chi connectivity index (χ2n) is 6.42. The number of nitrogens with zero attached hydrogens (tertiary/aromatic N) is 1. The van der Waals surface area contributed by atoms with Gasteiger partial charge in [0.2, 0.25) is 0 Å². The Morgan fingerprint density at radius 3 is 2.59 bits per heavy atom. The van der Waals surface area contributed by atoms with Gasteiger partial charge in [0.15, 0.2) is 0 Å². The highest BCUT2D eigenvalue weighted by molar-refractivity contribution is 5.67. The number of amides is 1. The predicted octanol–water partition coefficient (Wildman–Crippen LogP) is 2.10. The molecule has 4 heteroatoms. The van der Waals surface area contributed by atoms with Crippen LogP contribution in [0.15, 0.2) is 0 Å². The van der Waals surface area contributed by atoms with Gasteiger partial charge in [-0.05, 0) is 31.2 Å². The molecule has 0 spiro atoms. The second-order valence-corrected chi connectivity index (χ2v) is 6.42. The summed E-state index contributed by atoms with van der Waals surface area (Å²) in [5, 5.41) is 2.91. The summed E-state index contributed by atoms with van der Waals surface area (Å²) < 4.78 is 4.66. The van der Waals surface area contributed by atoms with Gasteiger partial charge in [0.25, 0.3) is 0 Å². The first-order valence-electron chi connectivity index (χ1n) is 6.33. The molecule has 0 radical (unpaired) electrons. The molecule has 0 aromatic heterocycles. The van der Waals surface area contributed by atoms with Gasteiger partial charge in [-0.15, -0.1) is 0 Å². The van der Waals surface area contributed by atoms with Crippen LogP contribution in [0.25, 0.3) is 0 Å². The van der Waals surface area contributed by atoms with E-state index in [2.05, 4.69) is 42.8 Å². The van der Waals surface area contributed by atoms with Gasteiger partial charge >= 0.3 is 6.09 Å². The Bertz CT molecular complexity index is 261. The van der Waals surface area contributed by atoms with Crippen molar-refractivity contribution in [3.63, 3.8) is 0 Å². The summed E-state index contributed by atoms with van der Waals surface area (Å²) in [7, 11) is 3.52. The summed E-state index contributed by atoms with van der Waals surface area (Å²) in [6.45, 7) is 8.84. The Labute approximate surface area is 105 Å². The molecule has 100 valence electrons. The molecule has 0 bridgehead atoms. The van der Waals surface area contributed by atoms with Gasteiger partial charge in [0.1, 0.15) is 0 Å². The summed E-state index contributed by atoms with van der Waals surface area (Å²) in [6, 6.07) is 0.216. The number of likely N-dealkylation sites (tertiary alicyclic amines) is 1. The Balaban J connectivity index is 2.50. The molecule has 1 fully saturated rings. The molecule has 4 nitrogen and oxygen atoms in total. The van der Waals surface area contributed by atoms with Gasteiger partial charge < -0.3 is 15.0 Å². The van der Waals surface area contributed by atoms with Crippen molar-refractivity contribution < 1.29 is 9.53 Å². The van der Waals surface area contributed by atoms with Gasteiger partial charge in [-0.1, -0.05) is 20.8 Å². The summed E-state index contributed by atoms with van der Waals surface area (Å²) in [6.07, 6.45) is 1.92. The smallest absolute Gasteiger partial charge is 0.407 e. The maximum absolute atomic E-state index is 11.2. The molecule has 1 amide bonds. The number of nitrogens with one attached hydrogen (secondary N) is 1. The third-order valence-corrected chi connectivity index (χ3v) is 3.13. The van der Waals surface area contributed by atoms with E-state index in [1.54, 1.807) is 0 Å². The van der Waals surface area contributed by atoms with E-state index in [9.17, 15) is 4.79 Å². The van der Waals surface area contributed by atoms with E-state index in [1.165, 1.54) is 13.5 Å². The number of ether oxygens (including phenoxy) is 1. The summed E-state index contributed by atoms with van der Waals surface area (Å²) in [5.74, 6) is 0.649. The van der Waals surface area contributed by atoms with Crippen molar-refractivity contribution in [2.75, 3.05) is 27.2 Å². The molecule has 1 heterocycles.